The molecule has 3 nitrogen and oxygen atoms in total. The van der Waals surface area contributed by atoms with E-state index in [0.717, 1.165) is 26.1 Å². The van der Waals surface area contributed by atoms with Crippen LogP contribution >= 0.6 is 0 Å². The average Bonchev–Trinajstić information content (AvgIpc) is 2.39. The molecule has 2 aliphatic rings. The largest absolute Gasteiger partial charge is 0.375 e. The Morgan fingerprint density at radius 3 is 2.87 bits per heavy atom. The molecule has 15 heavy (non-hydrogen) atoms. The van der Waals surface area contributed by atoms with Crippen LogP contribution in [0.3, 0.4) is 0 Å². The highest BCUT2D eigenvalue weighted by Crippen LogP contribution is 2.23. The third-order valence-corrected chi connectivity index (χ3v) is 3.57. The normalized spacial score (nSPS) is 34.6. The molecule has 0 aromatic rings. The molecule has 3 heteroatoms. The monoisotopic (exact) mass is 212 g/mol. The minimum absolute atomic E-state index is 0.278. The summed E-state index contributed by atoms with van der Waals surface area (Å²) in [4.78, 5) is 2.54. The Balaban J connectivity index is 1.97. The topological polar surface area (TPSA) is 24.5 Å². The number of hydrogen-bond donors (Lipinski definition) is 1. The molecule has 88 valence electrons. The number of fused-ring (bicyclic) bond motifs is 1. The standard InChI is InChI=1S/C12H24N2O/c1-12(2,3)14-7-5-10-11(9-14)15-8-4-6-13-10/h10-11,13H,4-9H2,1-3H3/t10-,11-/m1/s1. The summed E-state index contributed by atoms with van der Waals surface area (Å²) in [7, 11) is 0. The summed E-state index contributed by atoms with van der Waals surface area (Å²) < 4.78 is 5.93. The van der Waals surface area contributed by atoms with Gasteiger partial charge in [0.1, 0.15) is 0 Å². The van der Waals surface area contributed by atoms with Crippen LogP contribution in [0.5, 0.6) is 0 Å². The molecule has 0 aromatic heterocycles. The number of hydrogen-bond acceptors (Lipinski definition) is 3. The number of piperidine rings is 1. The molecule has 2 atom stereocenters. The van der Waals surface area contributed by atoms with E-state index in [1.165, 1.54) is 13.0 Å². The van der Waals surface area contributed by atoms with E-state index in [4.69, 9.17) is 4.74 Å². The molecule has 1 N–H and O–H groups in total. The maximum Gasteiger partial charge on any atom is 0.0855 e. The summed E-state index contributed by atoms with van der Waals surface area (Å²) in [6.45, 7) is 11.2. The average molecular weight is 212 g/mol. The lowest BCUT2D eigenvalue weighted by Crippen LogP contribution is -2.57. The quantitative estimate of drug-likeness (QED) is 0.654. The molecule has 0 saturated carbocycles. The lowest BCUT2D eigenvalue weighted by molar-refractivity contribution is -0.0340. The fourth-order valence-electron chi connectivity index (χ4n) is 2.52. The van der Waals surface area contributed by atoms with Crippen molar-refractivity contribution in [2.45, 2.75) is 51.3 Å². The molecular formula is C12H24N2O. The molecule has 0 spiro atoms. The Kier molecular flexibility index (Phi) is 3.33. The lowest BCUT2D eigenvalue weighted by Gasteiger charge is -2.44. The molecule has 0 unspecified atom stereocenters. The van der Waals surface area contributed by atoms with Crippen LogP contribution < -0.4 is 5.32 Å². The number of ether oxygens (including phenoxy) is 1. The molecule has 2 fully saturated rings. The van der Waals surface area contributed by atoms with Gasteiger partial charge in [-0.3, -0.25) is 4.90 Å². The van der Waals surface area contributed by atoms with Gasteiger partial charge >= 0.3 is 0 Å². The van der Waals surface area contributed by atoms with Crippen LogP contribution in [-0.2, 0) is 4.74 Å². The van der Waals surface area contributed by atoms with Gasteiger partial charge in [0.05, 0.1) is 6.10 Å². The fourth-order valence-corrected chi connectivity index (χ4v) is 2.52. The van der Waals surface area contributed by atoms with Gasteiger partial charge in [-0.05, 0) is 40.2 Å². The van der Waals surface area contributed by atoms with Crippen LogP contribution in [0.4, 0.5) is 0 Å². The first kappa shape index (κ1) is 11.4. The highest BCUT2D eigenvalue weighted by molar-refractivity contribution is 4.91. The second kappa shape index (κ2) is 4.40. The van der Waals surface area contributed by atoms with Crippen molar-refractivity contribution >= 4 is 0 Å². The van der Waals surface area contributed by atoms with Gasteiger partial charge in [0.15, 0.2) is 0 Å². The Morgan fingerprint density at radius 2 is 2.13 bits per heavy atom. The van der Waals surface area contributed by atoms with Crippen LogP contribution in [0.25, 0.3) is 0 Å². The van der Waals surface area contributed by atoms with Gasteiger partial charge in [0.2, 0.25) is 0 Å². The van der Waals surface area contributed by atoms with Gasteiger partial charge < -0.3 is 10.1 Å². The highest BCUT2D eigenvalue weighted by Gasteiger charge is 2.34. The van der Waals surface area contributed by atoms with Crippen molar-refractivity contribution in [1.29, 1.82) is 0 Å². The van der Waals surface area contributed by atoms with Crippen molar-refractivity contribution < 1.29 is 4.74 Å². The van der Waals surface area contributed by atoms with Crippen molar-refractivity contribution in [3.63, 3.8) is 0 Å². The molecule has 2 heterocycles. The summed E-state index contributed by atoms with van der Waals surface area (Å²) >= 11 is 0. The molecule has 2 rings (SSSR count). The second-order valence-electron chi connectivity index (χ2n) is 5.73. The molecule has 0 aliphatic carbocycles. The molecule has 0 bridgehead atoms. The summed E-state index contributed by atoms with van der Waals surface area (Å²) in [6, 6.07) is 0.589. The summed E-state index contributed by atoms with van der Waals surface area (Å²) in [5.74, 6) is 0. The molecule has 2 aliphatic heterocycles. The van der Waals surface area contributed by atoms with Gasteiger partial charge in [-0.1, -0.05) is 0 Å². The van der Waals surface area contributed by atoms with E-state index in [1.807, 2.05) is 0 Å². The van der Waals surface area contributed by atoms with Crippen LogP contribution in [0.1, 0.15) is 33.6 Å². The Bertz CT molecular complexity index is 212. The first-order chi connectivity index (χ1) is 7.07. The van der Waals surface area contributed by atoms with E-state index in [1.54, 1.807) is 0 Å². The summed E-state index contributed by atoms with van der Waals surface area (Å²) in [6.07, 6.45) is 2.78. The van der Waals surface area contributed by atoms with E-state index in [9.17, 15) is 0 Å². The third kappa shape index (κ3) is 2.71. The van der Waals surface area contributed by atoms with E-state index >= 15 is 0 Å². The molecular weight excluding hydrogens is 188 g/mol. The van der Waals surface area contributed by atoms with E-state index < -0.39 is 0 Å². The van der Waals surface area contributed by atoms with Crippen LogP contribution in [-0.4, -0.2) is 48.8 Å². The third-order valence-electron chi connectivity index (χ3n) is 3.57. The van der Waals surface area contributed by atoms with Gasteiger partial charge in [0, 0.05) is 31.3 Å². The van der Waals surface area contributed by atoms with Gasteiger partial charge in [-0.25, -0.2) is 0 Å². The highest BCUT2D eigenvalue weighted by atomic mass is 16.5. The van der Waals surface area contributed by atoms with Gasteiger partial charge in [-0.2, -0.15) is 0 Å². The molecule has 0 amide bonds. The number of nitrogens with zero attached hydrogens (tertiary/aromatic N) is 1. The van der Waals surface area contributed by atoms with Crippen molar-refractivity contribution in [3.8, 4) is 0 Å². The maximum absolute atomic E-state index is 5.93. The Labute approximate surface area is 93.2 Å². The predicted octanol–water partition coefficient (Wildman–Crippen LogP) is 1.24. The maximum atomic E-state index is 5.93. The van der Waals surface area contributed by atoms with Crippen LogP contribution in [0, 0.1) is 0 Å². The first-order valence-corrected chi connectivity index (χ1v) is 6.17. The van der Waals surface area contributed by atoms with E-state index in [-0.39, 0.29) is 5.54 Å². The Morgan fingerprint density at radius 1 is 1.33 bits per heavy atom. The smallest absolute Gasteiger partial charge is 0.0855 e. The van der Waals surface area contributed by atoms with Crippen molar-refractivity contribution in [1.82, 2.24) is 10.2 Å². The van der Waals surface area contributed by atoms with E-state index in [2.05, 4.69) is 31.0 Å². The zero-order chi connectivity index (χ0) is 10.9. The minimum atomic E-state index is 0.278. The van der Waals surface area contributed by atoms with Crippen molar-refractivity contribution in [3.05, 3.63) is 0 Å². The zero-order valence-corrected chi connectivity index (χ0v) is 10.3. The van der Waals surface area contributed by atoms with Crippen molar-refractivity contribution in [2.75, 3.05) is 26.2 Å². The summed E-state index contributed by atoms with van der Waals surface area (Å²) in [5.41, 5.74) is 0.278. The fraction of sp³-hybridized carbons (Fsp3) is 1.00. The first-order valence-electron chi connectivity index (χ1n) is 6.17. The van der Waals surface area contributed by atoms with Gasteiger partial charge in [0.25, 0.3) is 0 Å². The van der Waals surface area contributed by atoms with E-state index in [0.29, 0.717) is 12.1 Å². The molecule has 2 saturated heterocycles. The van der Waals surface area contributed by atoms with Gasteiger partial charge in [-0.15, -0.1) is 0 Å². The number of likely N-dealkylation sites (tertiary alicyclic amines) is 1. The number of rotatable bonds is 0. The zero-order valence-electron chi connectivity index (χ0n) is 10.3. The van der Waals surface area contributed by atoms with Crippen LogP contribution in [0.2, 0.25) is 0 Å². The Hall–Kier alpha value is -0.120. The molecule has 0 aromatic carbocycles. The van der Waals surface area contributed by atoms with Crippen LogP contribution in [0.15, 0.2) is 0 Å². The lowest BCUT2D eigenvalue weighted by atomic mass is 9.96. The predicted molar refractivity (Wildman–Crippen MR) is 62.1 cm³/mol. The SMILES string of the molecule is CC(C)(C)N1CC[C@H]2NCCCO[C@@H]2C1. The summed E-state index contributed by atoms with van der Waals surface area (Å²) in [5, 5.41) is 3.60. The van der Waals surface area contributed by atoms with Crippen molar-refractivity contribution in [2.24, 2.45) is 0 Å². The molecule has 0 radical (unpaired) electrons. The number of nitrogens with one attached hydrogen (secondary N) is 1. The minimum Gasteiger partial charge on any atom is -0.375 e. The second-order valence-corrected chi connectivity index (χ2v) is 5.73.